The summed E-state index contributed by atoms with van der Waals surface area (Å²) in [6, 6.07) is 8.12. The van der Waals surface area contributed by atoms with E-state index in [4.69, 9.17) is 4.74 Å². The first-order valence-electron chi connectivity index (χ1n) is 9.05. The topological polar surface area (TPSA) is 105 Å². The van der Waals surface area contributed by atoms with E-state index in [9.17, 15) is 23.6 Å². The molecule has 1 fully saturated rings. The largest absolute Gasteiger partial charge is 0.454 e. The lowest BCUT2D eigenvalue weighted by atomic mass is 10.1. The van der Waals surface area contributed by atoms with Crippen molar-refractivity contribution in [2.24, 2.45) is 0 Å². The number of carbonyl (C=O) groups is 4. The minimum Gasteiger partial charge on any atom is -0.454 e. The molecule has 0 radical (unpaired) electrons. The predicted molar refractivity (Wildman–Crippen MR) is 106 cm³/mol. The van der Waals surface area contributed by atoms with E-state index < -0.39 is 54.4 Å². The Balaban J connectivity index is 1.58. The van der Waals surface area contributed by atoms with E-state index in [-0.39, 0.29) is 0 Å². The zero-order valence-electron chi connectivity index (χ0n) is 16.3. The van der Waals surface area contributed by atoms with Crippen molar-refractivity contribution in [3.63, 3.8) is 0 Å². The molecule has 4 amide bonds. The van der Waals surface area contributed by atoms with E-state index in [0.29, 0.717) is 5.56 Å². The SMILES string of the molecule is CC1(C)NC(=O)N(CC(=O)OCC(=O)NC(c2ccc(F)cc2)c2cccs2)C1=O. The molecule has 0 aliphatic carbocycles. The molecular weight excluding hydrogens is 413 g/mol. The lowest BCUT2D eigenvalue weighted by Crippen LogP contribution is -2.41. The molecule has 2 N–H and O–H groups in total. The first kappa shape index (κ1) is 21.4. The molecule has 10 heteroatoms. The van der Waals surface area contributed by atoms with Crippen LogP contribution in [-0.2, 0) is 19.1 Å². The van der Waals surface area contributed by atoms with Crippen LogP contribution in [0.4, 0.5) is 9.18 Å². The number of nitrogens with zero attached hydrogens (tertiary/aromatic N) is 1. The molecule has 2 heterocycles. The van der Waals surface area contributed by atoms with Crippen molar-refractivity contribution >= 4 is 35.2 Å². The summed E-state index contributed by atoms with van der Waals surface area (Å²) in [5.41, 5.74) is -0.433. The number of amides is 4. The Morgan fingerprint density at radius 3 is 2.50 bits per heavy atom. The number of thiophene rings is 1. The van der Waals surface area contributed by atoms with Crippen LogP contribution < -0.4 is 10.6 Å². The number of benzene rings is 1. The Morgan fingerprint density at radius 1 is 1.23 bits per heavy atom. The van der Waals surface area contributed by atoms with Crippen molar-refractivity contribution < 1.29 is 28.3 Å². The number of nitrogens with one attached hydrogen (secondary N) is 2. The van der Waals surface area contributed by atoms with Crippen LogP contribution in [0.3, 0.4) is 0 Å². The van der Waals surface area contributed by atoms with Crippen molar-refractivity contribution in [3.05, 3.63) is 58.0 Å². The maximum Gasteiger partial charge on any atom is 0.326 e. The molecule has 1 aliphatic heterocycles. The highest BCUT2D eigenvalue weighted by atomic mass is 32.1. The highest BCUT2D eigenvalue weighted by Gasteiger charge is 2.45. The summed E-state index contributed by atoms with van der Waals surface area (Å²) < 4.78 is 18.2. The number of hydrogen-bond donors (Lipinski definition) is 2. The Labute approximate surface area is 176 Å². The Bertz CT molecular complexity index is 959. The molecule has 1 atom stereocenters. The molecular formula is C20H20FN3O5S. The number of imide groups is 1. The van der Waals surface area contributed by atoms with Crippen molar-refractivity contribution in [3.8, 4) is 0 Å². The van der Waals surface area contributed by atoms with Gasteiger partial charge in [0.15, 0.2) is 6.61 Å². The van der Waals surface area contributed by atoms with Crippen molar-refractivity contribution in [2.75, 3.05) is 13.2 Å². The van der Waals surface area contributed by atoms with E-state index >= 15 is 0 Å². The lowest BCUT2D eigenvalue weighted by Gasteiger charge is -2.18. The fraction of sp³-hybridized carbons (Fsp3) is 0.300. The van der Waals surface area contributed by atoms with Crippen LogP contribution in [0.25, 0.3) is 0 Å². The first-order valence-corrected chi connectivity index (χ1v) is 9.93. The van der Waals surface area contributed by atoms with Gasteiger partial charge in [0, 0.05) is 4.88 Å². The normalized spacial score (nSPS) is 16.2. The average molecular weight is 433 g/mol. The van der Waals surface area contributed by atoms with Crippen molar-refractivity contribution in [1.29, 1.82) is 0 Å². The molecule has 0 spiro atoms. The first-order chi connectivity index (χ1) is 14.2. The maximum absolute atomic E-state index is 13.2. The Kier molecular flexibility index (Phi) is 6.16. The van der Waals surface area contributed by atoms with Crippen LogP contribution in [0.2, 0.25) is 0 Å². The molecule has 30 heavy (non-hydrogen) atoms. The average Bonchev–Trinajstić information content (AvgIpc) is 3.28. The fourth-order valence-corrected chi connectivity index (χ4v) is 3.72. The van der Waals surface area contributed by atoms with Gasteiger partial charge in [-0.2, -0.15) is 0 Å². The van der Waals surface area contributed by atoms with Crippen LogP contribution in [0.15, 0.2) is 41.8 Å². The van der Waals surface area contributed by atoms with E-state index in [1.165, 1.54) is 37.3 Å². The summed E-state index contributed by atoms with van der Waals surface area (Å²) in [6.45, 7) is 1.86. The lowest BCUT2D eigenvalue weighted by molar-refractivity contribution is -0.151. The number of urea groups is 1. The number of esters is 1. The van der Waals surface area contributed by atoms with Gasteiger partial charge in [-0.1, -0.05) is 18.2 Å². The molecule has 1 saturated heterocycles. The molecule has 0 bridgehead atoms. The third-order valence-electron chi connectivity index (χ3n) is 4.43. The van der Waals surface area contributed by atoms with Gasteiger partial charge in [-0.15, -0.1) is 11.3 Å². The monoisotopic (exact) mass is 433 g/mol. The number of halogens is 1. The smallest absolute Gasteiger partial charge is 0.326 e. The summed E-state index contributed by atoms with van der Waals surface area (Å²) in [7, 11) is 0. The Hall–Kier alpha value is -3.27. The van der Waals surface area contributed by atoms with Gasteiger partial charge in [0.2, 0.25) is 0 Å². The number of hydrogen-bond acceptors (Lipinski definition) is 6. The van der Waals surface area contributed by atoms with Crippen LogP contribution in [0.1, 0.15) is 30.3 Å². The molecule has 1 aromatic carbocycles. The van der Waals surface area contributed by atoms with E-state index in [2.05, 4.69) is 10.6 Å². The summed E-state index contributed by atoms with van der Waals surface area (Å²) in [4.78, 5) is 49.8. The van der Waals surface area contributed by atoms with Crippen molar-refractivity contribution in [1.82, 2.24) is 15.5 Å². The van der Waals surface area contributed by atoms with E-state index in [1.807, 2.05) is 17.5 Å². The summed E-state index contributed by atoms with van der Waals surface area (Å²) in [6.07, 6.45) is 0. The van der Waals surface area contributed by atoms with Gasteiger partial charge in [0.05, 0.1) is 6.04 Å². The predicted octanol–water partition coefficient (Wildman–Crippen LogP) is 1.97. The molecule has 8 nitrogen and oxygen atoms in total. The zero-order chi connectivity index (χ0) is 21.9. The van der Waals surface area contributed by atoms with E-state index in [0.717, 1.165) is 9.78 Å². The number of carbonyl (C=O) groups excluding carboxylic acids is 4. The van der Waals surface area contributed by atoms with Gasteiger partial charge < -0.3 is 15.4 Å². The van der Waals surface area contributed by atoms with Gasteiger partial charge in [0.25, 0.3) is 11.8 Å². The molecule has 0 saturated carbocycles. The van der Waals surface area contributed by atoms with Crippen LogP contribution >= 0.6 is 11.3 Å². The highest BCUT2D eigenvalue weighted by Crippen LogP contribution is 2.26. The van der Waals surface area contributed by atoms with Crippen molar-refractivity contribution in [2.45, 2.75) is 25.4 Å². The second-order valence-corrected chi connectivity index (χ2v) is 8.15. The van der Waals surface area contributed by atoms with Gasteiger partial charge >= 0.3 is 12.0 Å². The summed E-state index contributed by atoms with van der Waals surface area (Å²) >= 11 is 1.41. The molecule has 1 aliphatic rings. The summed E-state index contributed by atoms with van der Waals surface area (Å²) in [5, 5.41) is 7.04. The molecule has 158 valence electrons. The number of rotatable bonds is 7. The highest BCUT2D eigenvalue weighted by molar-refractivity contribution is 7.10. The van der Waals surface area contributed by atoms with Crippen LogP contribution in [0.5, 0.6) is 0 Å². The molecule has 1 aromatic heterocycles. The van der Waals surface area contributed by atoms with Gasteiger partial charge in [-0.25, -0.2) is 9.18 Å². The quantitative estimate of drug-likeness (QED) is 0.513. The minimum absolute atomic E-state index is 0.396. The second-order valence-electron chi connectivity index (χ2n) is 7.17. The standard InChI is InChI=1S/C20H20FN3O5S/c1-20(2)18(27)24(19(28)23-20)10-16(26)29-11-15(25)22-17(14-4-3-9-30-14)12-5-7-13(21)8-6-12/h3-9,17H,10-11H2,1-2H3,(H,22,25)(H,23,28). The van der Waals surface area contributed by atoms with Gasteiger partial charge in [-0.05, 0) is 43.0 Å². The zero-order valence-corrected chi connectivity index (χ0v) is 17.1. The van der Waals surface area contributed by atoms with E-state index in [1.54, 1.807) is 12.1 Å². The number of ether oxygens (including phenoxy) is 1. The summed E-state index contributed by atoms with van der Waals surface area (Å²) in [5.74, 6) is -2.42. The molecule has 1 unspecified atom stereocenters. The van der Waals surface area contributed by atoms with Crippen LogP contribution in [0, 0.1) is 5.82 Å². The van der Waals surface area contributed by atoms with Gasteiger partial charge in [-0.3, -0.25) is 19.3 Å². The Morgan fingerprint density at radius 2 is 1.93 bits per heavy atom. The third kappa shape index (κ3) is 4.82. The maximum atomic E-state index is 13.2. The van der Waals surface area contributed by atoms with Gasteiger partial charge in [0.1, 0.15) is 17.9 Å². The van der Waals surface area contributed by atoms with Crippen LogP contribution in [-0.4, -0.2) is 47.4 Å². The molecule has 2 aromatic rings. The molecule has 3 rings (SSSR count). The fourth-order valence-electron chi connectivity index (χ4n) is 2.91. The minimum atomic E-state index is -1.10. The second kappa shape index (κ2) is 8.62. The third-order valence-corrected chi connectivity index (χ3v) is 5.37.